The molecule has 1 aromatic carbocycles. The zero-order valence-corrected chi connectivity index (χ0v) is 19.1. The van der Waals surface area contributed by atoms with Crippen molar-refractivity contribution in [1.82, 2.24) is 24.5 Å². The standard InChI is InChI=1S/C25H32FN5O2/c26-20-7-5-19(6-8-20)18-30-13-4-14-31-23(25(30)33)17-22(27-31)24(32)29-15-9-21(10-16-29)28-11-2-1-3-12-28/h5-8,17,21H,1-4,9-16,18H2. The molecule has 0 saturated carbocycles. The summed E-state index contributed by atoms with van der Waals surface area (Å²) in [6, 6.07) is 8.46. The van der Waals surface area contributed by atoms with Crippen molar-refractivity contribution in [3.05, 3.63) is 53.1 Å². The average Bonchev–Trinajstić information content (AvgIpc) is 3.23. The van der Waals surface area contributed by atoms with Gasteiger partial charge in [-0.3, -0.25) is 14.3 Å². The number of nitrogens with zero attached hydrogens (tertiary/aromatic N) is 5. The van der Waals surface area contributed by atoms with E-state index in [0.29, 0.717) is 37.1 Å². The van der Waals surface area contributed by atoms with E-state index in [9.17, 15) is 14.0 Å². The lowest BCUT2D eigenvalue weighted by atomic mass is 9.99. The Morgan fingerprint density at radius 3 is 2.39 bits per heavy atom. The van der Waals surface area contributed by atoms with Crippen LogP contribution in [0.5, 0.6) is 0 Å². The monoisotopic (exact) mass is 453 g/mol. The van der Waals surface area contributed by atoms with Crippen LogP contribution in [0.25, 0.3) is 0 Å². The number of piperidine rings is 2. The Hall–Kier alpha value is -2.74. The normalized spacial score (nSPS) is 20.6. The van der Waals surface area contributed by atoms with Gasteiger partial charge in [0.2, 0.25) is 0 Å². The minimum atomic E-state index is -0.290. The predicted octanol–water partition coefficient (Wildman–Crippen LogP) is 3.16. The summed E-state index contributed by atoms with van der Waals surface area (Å²) in [7, 11) is 0. The highest BCUT2D eigenvalue weighted by atomic mass is 19.1. The third kappa shape index (κ3) is 4.81. The highest BCUT2D eigenvalue weighted by Crippen LogP contribution is 2.23. The van der Waals surface area contributed by atoms with Crippen molar-refractivity contribution in [1.29, 1.82) is 0 Å². The molecule has 7 nitrogen and oxygen atoms in total. The van der Waals surface area contributed by atoms with Crippen LogP contribution in [0.3, 0.4) is 0 Å². The molecule has 0 spiro atoms. The van der Waals surface area contributed by atoms with E-state index in [1.807, 2.05) is 4.90 Å². The van der Waals surface area contributed by atoms with Crippen molar-refractivity contribution >= 4 is 11.8 Å². The van der Waals surface area contributed by atoms with Gasteiger partial charge in [-0.05, 0) is 62.9 Å². The first-order valence-electron chi connectivity index (χ1n) is 12.2. The van der Waals surface area contributed by atoms with Gasteiger partial charge < -0.3 is 14.7 Å². The fraction of sp³-hybridized carbons (Fsp3) is 0.560. The number of halogens is 1. The van der Waals surface area contributed by atoms with E-state index in [2.05, 4.69) is 10.00 Å². The molecule has 3 aliphatic rings. The number of hydrogen-bond acceptors (Lipinski definition) is 4. The van der Waals surface area contributed by atoms with Gasteiger partial charge in [-0.25, -0.2) is 4.39 Å². The van der Waals surface area contributed by atoms with E-state index in [-0.39, 0.29) is 17.6 Å². The molecular weight excluding hydrogens is 421 g/mol. The zero-order valence-electron chi connectivity index (χ0n) is 19.1. The number of aryl methyl sites for hydroxylation is 1. The van der Waals surface area contributed by atoms with Crippen LogP contribution in [0, 0.1) is 5.82 Å². The quantitative estimate of drug-likeness (QED) is 0.714. The number of likely N-dealkylation sites (tertiary alicyclic amines) is 2. The Bertz CT molecular complexity index is 991. The van der Waals surface area contributed by atoms with E-state index >= 15 is 0 Å². The Balaban J connectivity index is 1.24. The third-order valence-corrected chi connectivity index (χ3v) is 7.25. The number of amides is 2. The number of benzene rings is 1. The molecule has 8 heteroatoms. The molecule has 5 rings (SSSR count). The molecule has 1 aromatic heterocycles. The Morgan fingerprint density at radius 1 is 0.939 bits per heavy atom. The van der Waals surface area contributed by atoms with Gasteiger partial charge in [0.1, 0.15) is 11.5 Å². The fourth-order valence-electron chi connectivity index (χ4n) is 5.38. The van der Waals surface area contributed by atoms with Crippen molar-refractivity contribution in [3.63, 3.8) is 0 Å². The second-order valence-electron chi connectivity index (χ2n) is 9.46. The molecule has 33 heavy (non-hydrogen) atoms. The van der Waals surface area contributed by atoms with Gasteiger partial charge in [-0.15, -0.1) is 0 Å². The zero-order chi connectivity index (χ0) is 22.8. The molecular formula is C25H32FN5O2. The number of carbonyl (C=O) groups excluding carboxylic acids is 2. The first-order chi connectivity index (χ1) is 16.1. The van der Waals surface area contributed by atoms with Crippen LogP contribution in [-0.2, 0) is 13.1 Å². The molecule has 176 valence electrons. The van der Waals surface area contributed by atoms with Gasteiger partial charge in [0.25, 0.3) is 11.8 Å². The maximum Gasteiger partial charge on any atom is 0.274 e. The summed E-state index contributed by atoms with van der Waals surface area (Å²) in [4.78, 5) is 32.6. The number of fused-ring (bicyclic) bond motifs is 1. The van der Waals surface area contributed by atoms with Crippen LogP contribution >= 0.6 is 0 Å². The summed E-state index contributed by atoms with van der Waals surface area (Å²) in [5.74, 6) is -0.500. The van der Waals surface area contributed by atoms with Gasteiger partial charge in [-0.1, -0.05) is 18.6 Å². The highest BCUT2D eigenvalue weighted by molar-refractivity contribution is 5.98. The summed E-state index contributed by atoms with van der Waals surface area (Å²) in [5, 5.41) is 4.52. The van der Waals surface area contributed by atoms with E-state index < -0.39 is 0 Å². The van der Waals surface area contributed by atoms with E-state index in [0.717, 1.165) is 37.9 Å². The topological polar surface area (TPSA) is 61.7 Å². The number of carbonyl (C=O) groups is 2. The minimum absolute atomic E-state index is 0.0782. The van der Waals surface area contributed by atoms with Gasteiger partial charge in [0, 0.05) is 44.8 Å². The molecule has 4 heterocycles. The molecule has 0 N–H and O–H groups in total. The van der Waals surface area contributed by atoms with Crippen molar-refractivity contribution in [3.8, 4) is 0 Å². The molecule has 0 bridgehead atoms. The molecule has 2 amide bonds. The molecule has 0 radical (unpaired) electrons. The molecule has 2 fully saturated rings. The summed E-state index contributed by atoms with van der Waals surface area (Å²) >= 11 is 0. The molecule has 0 aliphatic carbocycles. The van der Waals surface area contributed by atoms with Gasteiger partial charge in [0.15, 0.2) is 5.69 Å². The first kappa shape index (κ1) is 22.1. The molecule has 2 saturated heterocycles. The van der Waals surface area contributed by atoms with E-state index in [1.54, 1.807) is 27.8 Å². The number of aromatic nitrogens is 2. The van der Waals surface area contributed by atoms with Crippen LogP contribution in [0.4, 0.5) is 4.39 Å². The second-order valence-corrected chi connectivity index (χ2v) is 9.46. The summed E-state index contributed by atoms with van der Waals surface area (Å²) < 4.78 is 14.9. The van der Waals surface area contributed by atoms with Gasteiger partial charge in [0.05, 0.1) is 0 Å². The molecule has 0 atom stereocenters. The summed E-state index contributed by atoms with van der Waals surface area (Å²) in [6.45, 7) is 5.47. The van der Waals surface area contributed by atoms with Crippen LogP contribution in [0.1, 0.15) is 65.1 Å². The van der Waals surface area contributed by atoms with E-state index in [4.69, 9.17) is 0 Å². The summed E-state index contributed by atoms with van der Waals surface area (Å²) in [6.07, 6.45) is 6.67. The maximum atomic E-state index is 13.2. The van der Waals surface area contributed by atoms with Crippen LogP contribution < -0.4 is 0 Å². The average molecular weight is 454 g/mol. The van der Waals surface area contributed by atoms with Crippen molar-refractivity contribution in [2.75, 3.05) is 32.7 Å². The minimum Gasteiger partial charge on any atom is -0.337 e. The lowest BCUT2D eigenvalue weighted by Gasteiger charge is -2.40. The van der Waals surface area contributed by atoms with Gasteiger partial charge in [-0.2, -0.15) is 5.10 Å². The van der Waals surface area contributed by atoms with Crippen molar-refractivity contribution < 1.29 is 14.0 Å². The van der Waals surface area contributed by atoms with Crippen LogP contribution in [-0.4, -0.2) is 75.1 Å². The first-order valence-corrected chi connectivity index (χ1v) is 12.2. The Kier molecular flexibility index (Phi) is 6.44. The van der Waals surface area contributed by atoms with E-state index in [1.165, 1.54) is 44.5 Å². The Morgan fingerprint density at radius 2 is 1.67 bits per heavy atom. The van der Waals surface area contributed by atoms with Crippen LogP contribution in [0.15, 0.2) is 30.3 Å². The molecule has 0 unspecified atom stereocenters. The number of rotatable bonds is 4. The largest absolute Gasteiger partial charge is 0.337 e. The predicted molar refractivity (Wildman–Crippen MR) is 122 cm³/mol. The second kappa shape index (κ2) is 9.63. The molecule has 3 aliphatic heterocycles. The smallest absolute Gasteiger partial charge is 0.274 e. The van der Waals surface area contributed by atoms with Crippen LogP contribution in [0.2, 0.25) is 0 Å². The lowest BCUT2D eigenvalue weighted by molar-refractivity contribution is 0.0584. The summed E-state index contributed by atoms with van der Waals surface area (Å²) in [5.41, 5.74) is 1.70. The number of hydrogen-bond donors (Lipinski definition) is 0. The Labute approximate surface area is 194 Å². The lowest BCUT2D eigenvalue weighted by Crippen LogP contribution is -2.48. The van der Waals surface area contributed by atoms with Gasteiger partial charge >= 0.3 is 0 Å². The third-order valence-electron chi connectivity index (χ3n) is 7.25. The van der Waals surface area contributed by atoms with Crippen molar-refractivity contribution in [2.45, 2.75) is 57.7 Å². The van der Waals surface area contributed by atoms with Crippen molar-refractivity contribution in [2.24, 2.45) is 0 Å². The molecule has 2 aromatic rings. The fourth-order valence-corrected chi connectivity index (χ4v) is 5.38. The highest BCUT2D eigenvalue weighted by Gasteiger charge is 2.31. The maximum absolute atomic E-state index is 13.2. The SMILES string of the molecule is O=C(c1cc2n(n1)CCCN(Cc1ccc(F)cc1)C2=O)N1CCC(N2CCCCC2)CC1.